The molecule has 0 bridgehead atoms. The molecular weight excluding hydrogens is 1450 g/mol. The highest BCUT2D eigenvalue weighted by molar-refractivity contribution is 6.31. The first-order chi connectivity index (χ1) is 58.5. The van der Waals surface area contributed by atoms with E-state index in [4.69, 9.17) is 0 Å². The molecule has 0 saturated heterocycles. The summed E-state index contributed by atoms with van der Waals surface area (Å²) in [6, 6.07) is 141. The summed E-state index contributed by atoms with van der Waals surface area (Å²) in [6.07, 6.45) is 0.720. The van der Waals surface area contributed by atoms with Crippen LogP contribution in [0.5, 0.6) is 0 Å². The Morgan fingerprint density at radius 1 is 0.208 bits per heavy atom. The van der Waals surface area contributed by atoms with Gasteiger partial charge in [-0.15, -0.1) is 0 Å². The molecule has 0 N–H and O–H groups in total. The van der Waals surface area contributed by atoms with Crippen molar-refractivity contribution < 1.29 is 0 Å². The van der Waals surface area contributed by atoms with Gasteiger partial charge in [-0.05, 0) is 278 Å². The van der Waals surface area contributed by atoms with Crippen LogP contribution in [0, 0.1) is 48.5 Å². The van der Waals surface area contributed by atoms with Crippen molar-refractivity contribution in [2.75, 3.05) is 19.6 Å². The van der Waals surface area contributed by atoms with Crippen molar-refractivity contribution >= 4 is 133 Å². The van der Waals surface area contributed by atoms with Gasteiger partial charge in [-0.25, -0.2) is 0 Å². The Labute approximate surface area is 705 Å². The number of para-hydroxylation sites is 4. The van der Waals surface area contributed by atoms with Crippen molar-refractivity contribution in [3.05, 3.63) is 432 Å². The van der Waals surface area contributed by atoms with Crippen molar-refractivity contribution in [2.45, 2.75) is 81.1 Å². The zero-order chi connectivity index (χ0) is 81.6. The number of hydrogen-bond donors (Lipinski definition) is 0. The minimum Gasteiger partial charge on any atom is -0.310 e. The molecule has 0 atom stereocenters. The minimum absolute atomic E-state index is 0.0483. The second-order valence-corrected chi connectivity index (χ2v) is 34.0. The number of anilines is 12. The van der Waals surface area contributed by atoms with Crippen LogP contribution in [-0.4, -0.2) is 0 Å². The SMILES string of the molecule is Cc1ccc(-c2ccccc2)cc1N(c1ccccc1)c1cc(N(c2ccccc2)c2cc(-c3cccc(Cc4cccc(C)c4-c4ccc(C)c(N(c5ccccc5)c5cc(N(c6ccccc6)c6cc(-c7c(C)cccc7C)ccc6C)c6ccc7cccc8ccc5c6c78)c4)c3)ccc2C)c2ccc3cc(C(C)(C)C)cc4ccc1c2c43. The molecule has 20 rings (SSSR count). The van der Waals surface area contributed by atoms with Gasteiger partial charge in [0.25, 0.3) is 0 Å². The van der Waals surface area contributed by atoms with Gasteiger partial charge in [0.15, 0.2) is 0 Å². The molecule has 20 aromatic rings. The maximum atomic E-state index is 2.55. The summed E-state index contributed by atoms with van der Waals surface area (Å²) in [6.45, 7) is 22.8. The van der Waals surface area contributed by atoms with Crippen LogP contribution in [0.2, 0.25) is 0 Å². The third-order valence-electron chi connectivity index (χ3n) is 25.1. The lowest BCUT2D eigenvalue weighted by atomic mass is 9.83. The Balaban J connectivity index is 0.721. The molecule has 0 aliphatic carbocycles. The fourth-order valence-electron chi connectivity index (χ4n) is 19.1. The molecule has 0 spiro atoms. The average molecular weight is 1540 g/mol. The van der Waals surface area contributed by atoms with Crippen LogP contribution >= 0.6 is 0 Å². The van der Waals surface area contributed by atoms with Crippen molar-refractivity contribution in [1.29, 1.82) is 0 Å². The molecular formula is C116H94N4. The molecule has 578 valence electrons. The van der Waals surface area contributed by atoms with Gasteiger partial charge in [0.2, 0.25) is 0 Å². The number of nitrogens with zero attached hydrogens (tertiary/aromatic N) is 4. The van der Waals surface area contributed by atoms with Crippen LogP contribution in [0.1, 0.15) is 76.4 Å². The molecule has 20 aromatic carbocycles. The van der Waals surface area contributed by atoms with Gasteiger partial charge in [0.1, 0.15) is 0 Å². The minimum atomic E-state index is -0.0483. The van der Waals surface area contributed by atoms with Crippen LogP contribution in [0.25, 0.3) is 109 Å². The van der Waals surface area contributed by atoms with Gasteiger partial charge in [0.05, 0.1) is 22.7 Å². The topological polar surface area (TPSA) is 13.0 Å². The molecule has 4 heteroatoms. The van der Waals surface area contributed by atoms with E-state index in [1.54, 1.807) is 0 Å². The molecule has 0 aliphatic heterocycles. The summed E-state index contributed by atoms with van der Waals surface area (Å²) in [5.41, 5.74) is 34.9. The highest BCUT2D eigenvalue weighted by Crippen LogP contribution is 2.56. The van der Waals surface area contributed by atoms with Crippen LogP contribution in [0.3, 0.4) is 0 Å². The lowest BCUT2D eigenvalue weighted by Crippen LogP contribution is -2.16. The van der Waals surface area contributed by atoms with Gasteiger partial charge >= 0.3 is 0 Å². The van der Waals surface area contributed by atoms with Gasteiger partial charge in [-0.1, -0.05) is 312 Å². The first kappa shape index (κ1) is 74.5. The zero-order valence-corrected chi connectivity index (χ0v) is 69.8. The van der Waals surface area contributed by atoms with Gasteiger partial charge in [-0.2, -0.15) is 0 Å². The molecule has 0 saturated carbocycles. The highest BCUT2D eigenvalue weighted by Gasteiger charge is 2.31. The summed E-state index contributed by atoms with van der Waals surface area (Å²) in [7, 11) is 0. The Bertz CT molecular complexity index is 7250. The van der Waals surface area contributed by atoms with E-state index in [0.29, 0.717) is 0 Å². The fraction of sp³-hybridized carbons (Fsp3) is 0.103. The number of benzene rings is 20. The van der Waals surface area contributed by atoms with Crippen molar-refractivity contribution in [2.24, 2.45) is 0 Å². The number of hydrogen-bond acceptors (Lipinski definition) is 4. The summed E-state index contributed by atoms with van der Waals surface area (Å²) < 4.78 is 0. The first-order valence-corrected chi connectivity index (χ1v) is 42.2. The second kappa shape index (κ2) is 30.3. The lowest BCUT2D eigenvalue weighted by Gasteiger charge is -2.34. The van der Waals surface area contributed by atoms with E-state index in [1.807, 2.05) is 0 Å². The van der Waals surface area contributed by atoms with E-state index in [2.05, 4.69) is 465 Å². The van der Waals surface area contributed by atoms with Gasteiger partial charge in [0, 0.05) is 77.8 Å². The maximum Gasteiger partial charge on any atom is 0.0561 e. The van der Waals surface area contributed by atoms with E-state index in [0.717, 1.165) is 85.8 Å². The van der Waals surface area contributed by atoms with Crippen LogP contribution in [0.4, 0.5) is 68.2 Å². The normalized spacial score (nSPS) is 11.8. The Morgan fingerprint density at radius 2 is 0.525 bits per heavy atom. The van der Waals surface area contributed by atoms with E-state index in [-0.39, 0.29) is 5.41 Å². The Morgan fingerprint density at radius 3 is 0.942 bits per heavy atom. The van der Waals surface area contributed by atoms with E-state index >= 15 is 0 Å². The van der Waals surface area contributed by atoms with Gasteiger partial charge in [-0.3, -0.25) is 0 Å². The van der Waals surface area contributed by atoms with Crippen molar-refractivity contribution in [3.63, 3.8) is 0 Å². The summed E-state index contributed by atoms with van der Waals surface area (Å²) >= 11 is 0. The largest absolute Gasteiger partial charge is 0.310 e. The molecule has 0 fully saturated rings. The molecule has 0 heterocycles. The monoisotopic (exact) mass is 1540 g/mol. The summed E-state index contributed by atoms with van der Waals surface area (Å²) in [5, 5.41) is 14.7. The van der Waals surface area contributed by atoms with Crippen LogP contribution < -0.4 is 19.6 Å². The molecule has 0 unspecified atom stereocenters. The van der Waals surface area contributed by atoms with E-state index < -0.39 is 0 Å². The summed E-state index contributed by atoms with van der Waals surface area (Å²) in [5.74, 6) is 0. The molecule has 0 radical (unpaired) electrons. The average Bonchev–Trinajstić information content (AvgIpc) is 0.713. The molecule has 0 aromatic heterocycles. The van der Waals surface area contributed by atoms with E-state index in [9.17, 15) is 0 Å². The molecule has 4 nitrogen and oxygen atoms in total. The number of rotatable bonds is 18. The Hall–Kier alpha value is -14.3. The Kier molecular flexibility index (Phi) is 18.8. The highest BCUT2D eigenvalue weighted by atomic mass is 15.2. The van der Waals surface area contributed by atoms with Crippen molar-refractivity contribution in [1.82, 2.24) is 0 Å². The predicted octanol–water partition coefficient (Wildman–Crippen LogP) is 33.1. The van der Waals surface area contributed by atoms with Crippen LogP contribution in [-0.2, 0) is 11.8 Å². The summed E-state index contributed by atoms with van der Waals surface area (Å²) in [4.78, 5) is 10.1. The molecule has 0 amide bonds. The van der Waals surface area contributed by atoms with E-state index in [1.165, 1.54) is 154 Å². The van der Waals surface area contributed by atoms with Gasteiger partial charge < -0.3 is 19.6 Å². The maximum absolute atomic E-state index is 2.55. The number of aryl methyl sites for hydroxylation is 7. The van der Waals surface area contributed by atoms with Crippen molar-refractivity contribution in [3.8, 4) is 44.5 Å². The van der Waals surface area contributed by atoms with Crippen LogP contribution in [0.15, 0.2) is 376 Å². The lowest BCUT2D eigenvalue weighted by molar-refractivity contribution is 0.591. The fourth-order valence-corrected chi connectivity index (χ4v) is 19.1. The first-order valence-electron chi connectivity index (χ1n) is 42.2. The molecule has 120 heavy (non-hydrogen) atoms. The quantitative estimate of drug-likeness (QED) is 0.0794. The zero-order valence-electron chi connectivity index (χ0n) is 69.8. The predicted molar refractivity (Wildman–Crippen MR) is 515 cm³/mol. The molecule has 0 aliphatic rings. The third kappa shape index (κ3) is 13.2. The third-order valence-corrected chi connectivity index (χ3v) is 25.1. The smallest absolute Gasteiger partial charge is 0.0561 e. The second-order valence-electron chi connectivity index (χ2n) is 34.0. The standard InChI is InChI=1S/C116H94N4/c1-74-48-52-86(82-34-16-11-17-35-82)68-102(74)117(94-40-18-12-19-41-94)108-73-109(101-63-59-90-67-93(116(8,9)10)66-89-58-62-100(108)115(101)113(89)90)118(95-42-20-13-21-43-95)103-69-87(53-49-75(103)2)85-38-28-33-81(64-85)65-88-39-27-32-80(7)111(88)92-55-51-77(4)105(71-92)120(97-46-24-15-25-47-97)107-72-106(98-60-56-83-36-29-37-84-57-61-99(107)114(98)112(83)84)119(96-44-22-14-23-45-96)104-70-91(54-50-76(104)3)110-78(5)30-26-31-79(110)6/h11-64,66-73H,65H2,1-10H3.